The molecule has 0 fully saturated rings. The molecule has 0 aliphatic carbocycles. The monoisotopic (exact) mass is 317 g/mol. The van der Waals surface area contributed by atoms with E-state index in [1.54, 1.807) is 47.5 Å². The van der Waals surface area contributed by atoms with Gasteiger partial charge < -0.3 is 10.0 Å². The van der Waals surface area contributed by atoms with Gasteiger partial charge in [-0.05, 0) is 42.7 Å². The van der Waals surface area contributed by atoms with Gasteiger partial charge in [-0.15, -0.1) is 11.3 Å². The lowest BCUT2D eigenvalue weighted by Crippen LogP contribution is -2.25. The first-order valence-corrected chi connectivity index (χ1v) is 7.91. The summed E-state index contributed by atoms with van der Waals surface area (Å²) in [4.78, 5) is 26.9. The second kappa shape index (κ2) is 6.75. The van der Waals surface area contributed by atoms with Crippen molar-refractivity contribution in [2.24, 2.45) is 0 Å². The third-order valence-corrected chi connectivity index (χ3v) is 4.89. The van der Waals surface area contributed by atoms with Crippen molar-refractivity contribution in [1.82, 2.24) is 4.90 Å². The largest absolute Gasteiger partial charge is 0.478 e. The normalized spacial score (nSPS) is 10.5. The van der Waals surface area contributed by atoms with Gasteiger partial charge in [-0.25, -0.2) is 4.79 Å². The molecule has 1 aromatic heterocycles. The molecule has 116 valence electrons. The maximum absolute atomic E-state index is 12.4. The molecule has 0 aliphatic heterocycles. The maximum atomic E-state index is 12.4. The minimum atomic E-state index is -0.947. The molecule has 0 spiro atoms. The summed E-state index contributed by atoms with van der Waals surface area (Å²) in [6.45, 7) is 4.56. The molecule has 4 nitrogen and oxygen atoms in total. The van der Waals surface area contributed by atoms with E-state index in [4.69, 9.17) is 5.11 Å². The first-order valence-electron chi connectivity index (χ1n) is 7.09. The Kier molecular flexibility index (Phi) is 4.98. The summed E-state index contributed by atoms with van der Waals surface area (Å²) in [7, 11) is 1.76. The smallest absolute Gasteiger partial charge is 0.335 e. The zero-order valence-electron chi connectivity index (χ0n) is 12.9. The van der Waals surface area contributed by atoms with E-state index in [-0.39, 0.29) is 11.5 Å². The van der Waals surface area contributed by atoms with Gasteiger partial charge in [0.1, 0.15) is 0 Å². The summed E-state index contributed by atoms with van der Waals surface area (Å²) < 4.78 is 0. The van der Waals surface area contributed by atoms with Crippen LogP contribution in [0.2, 0.25) is 0 Å². The first-order chi connectivity index (χ1) is 10.4. The fourth-order valence-electron chi connectivity index (χ4n) is 2.26. The van der Waals surface area contributed by atoms with Crippen molar-refractivity contribution in [3.05, 3.63) is 56.8 Å². The molecule has 1 N–H and O–H groups in total. The van der Waals surface area contributed by atoms with E-state index in [1.165, 1.54) is 4.88 Å². The molecule has 0 bridgehead atoms. The van der Waals surface area contributed by atoms with Gasteiger partial charge in [0.2, 0.25) is 0 Å². The van der Waals surface area contributed by atoms with E-state index in [2.05, 4.69) is 6.92 Å². The summed E-state index contributed by atoms with van der Waals surface area (Å²) in [6.07, 6.45) is 0.935. The van der Waals surface area contributed by atoms with Gasteiger partial charge in [-0.1, -0.05) is 19.1 Å². The lowest BCUT2D eigenvalue weighted by atomic mass is 10.1. The van der Waals surface area contributed by atoms with Crippen molar-refractivity contribution in [3.8, 4) is 0 Å². The summed E-state index contributed by atoms with van der Waals surface area (Å²) in [5.74, 6) is -0.952. The third-order valence-electron chi connectivity index (χ3n) is 3.52. The molecule has 1 aromatic carbocycles. The first kappa shape index (κ1) is 16.2. The van der Waals surface area contributed by atoms with Gasteiger partial charge in [-0.3, -0.25) is 4.79 Å². The zero-order valence-corrected chi connectivity index (χ0v) is 13.7. The van der Waals surface area contributed by atoms with Crippen LogP contribution in [0.25, 0.3) is 0 Å². The molecule has 0 aliphatic rings. The average molecular weight is 317 g/mol. The van der Waals surface area contributed by atoms with Crippen molar-refractivity contribution >= 4 is 23.2 Å². The number of benzene rings is 1. The van der Waals surface area contributed by atoms with Crippen molar-refractivity contribution in [2.75, 3.05) is 7.05 Å². The molecule has 22 heavy (non-hydrogen) atoms. The number of aromatic carboxylic acids is 1. The molecule has 1 heterocycles. The Morgan fingerprint density at radius 1 is 1.23 bits per heavy atom. The predicted molar refractivity (Wildman–Crippen MR) is 87.6 cm³/mol. The Balaban J connectivity index is 2.08. The highest BCUT2D eigenvalue weighted by Crippen LogP contribution is 2.23. The minimum Gasteiger partial charge on any atom is -0.478 e. The molecular formula is C17H19NO3S. The number of carbonyl (C=O) groups excluding carboxylic acids is 1. The second-order valence-electron chi connectivity index (χ2n) is 5.23. The number of hydrogen-bond acceptors (Lipinski definition) is 3. The molecule has 0 radical (unpaired) electrons. The molecule has 2 aromatic rings. The van der Waals surface area contributed by atoms with Crippen LogP contribution in [-0.4, -0.2) is 28.9 Å². The molecule has 5 heteroatoms. The van der Waals surface area contributed by atoms with Crippen LogP contribution in [0.3, 0.4) is 0 Å². The summed E-state index contributed by atoms with van der Waals surface area (Å²) in [6, 6.07) is 8.53. The van der Waals surface area contributed by atoms with Gasteiger partial charge >= 0.3 is 5.97 Å². The average Bonchev–Trinajstić information content (AvgIpc) is 2.88. The quantitative estimate of drug-likeness (QED) is 0.917. The maximum Gasteiger partial charge on any atom is 0.335 e. The fraction of sp³-hybridized carbons (Fsp3) is 0.294. The van der Waals surface area contributed by atoms with E-state index in [9.17, 15) is 9.59 Å². The van der Waals surface area contributed by atoms with Crippen molar-refractivity contribution in [1.29, 1.82) is 0 Å². The lowest BCUT2D eigenvalue weighted by Gasteiger charge is -2.16. The van der Waals surface area contributed by atoms with E-state index in [0.717, 1.165) is 22.4 Å². The van der Waals surface area contributed by atoms with Gasteiger partial charge in [-0.2, -0.15) is 0 Å². The molecule has 0 unspecified atom stereocenters. The van der Waals surface area contributed by atoms with Gasteiger partial charge in [0.15, 0.2) is 0 Å². The number of carboxylic acids is 1. The van der Waals surface area contributed by atoms with Crippen LogP contribution in [0, 0.1) is 6.92 Å². The van der Waals surface area contributed by atoms with Crippen LogP contribution >= 0.6 is 11.3 Å². The molecule has 2 rings (SSSR count). The number of rotatable bonds is 5. The van der Waals surface area contributed by atoms with Crippen LogP contribution in [0.5, 0.6) is 0 Å². The van der Waals surface area contributed by atoms with Crippen LogP contribution in [-0.2, 0) is 13.0 Å². The Morgan fingerprint density at radius 3 is 2.36 bits per heavy atom. The summed E-state index contributed by atoms with van der Waals surface area (Å²) >= 11 is 1.54. The van der Waals surface area contributed by atoms with Gasteiger partial charge in [0.05, 0.1) is 10.4 Å². The zero-order chi connectivity index (χ0) is 16.3. The number of hydrogen-bond donors (Lipinski definition) is 1. The van der Waals surface area contributed by atoms with Crippen LogP contribution in [0.4, 0.5) is 0 Å². The highest BCUT2D eigenvalue weighted by molar-refractivity contribution is 7.14. The number of thiophene rings is 1. The number of aryl methyl sites for hydroxylation is 2. The fourth-order valence-corrected chi connectivity index (χ4v) is 3.37. The standard InChI is InChI=1S/C17H19NO3S/c1-4-14-11(2)9-15(22-14)16(19)18(3)10-12-5-7-13(8-6-12)17(20)21/h5-9H,4,10H2,1-3H3,(H,20,21). The summed E-state index contributed by atoms with van der Waals surface area (Å²) in [5.41, 5.74) is 2.32. The number of amides is 1. The number of carboxylic acid groups (broad SMARTS) is 1. The van der Waals surface area contributed by atoms with E-state index in [1.807, 2.05) is 13.0 Å². The highest BCUT2D eigenvalue weighted by atomic mass is 32.1. The summed E-state index contributed by atoms with van der Waals surface area (Å²) in [5, 5.41) is 8.88. The Hall–Kier alpha value is -2.14. The predicted octanol–water partition coefficient (Wildman–Crippen LogP) is 3.59. The third kappa shape index (κ3) is 3.54. The van der Waals surface area contributed by atoms with Gasteiger partial charge in [0.25, 0.3) is 5.91 Å². The molecule has 0 atom stereocenters. The molecule has 0 saturated heterocycles. The Bertz CT molecular complexity index is 688. The SMILES string of the molecule is CCc1sc(C(=O)N(C)Cc2ccc(C(=O)O)cc2)cc1C. The lowest BCUT2D eigenvalue weighted by molar-refractivity contribution is 0.0695. The van der Waals surface area contributed by atoms with E-state index >= 15 is 0 Å². The molecule has 0 saturated carbocycles. The second-order valence-corrected chi connectivity index (χ2v) is 6.37. The van der Waals surface area contributed by atoms with Crippen molar-refractivity contribution < 1.29 is 14.7 Å². The Morgan fingerprint density at radius 2 is 1.86 bits per heavy atom. The van der Waals surface area contributed by atoms with Crippen LogP contribution in [0.15, 0.2) is 30.3 Å². The van der Waals surface area contributed by atoms with Crippen LogP contribution in [0.1, 0.15) is 43.0 Å². The van der Waals surface area contributed by atoms with Crippen LogP contribution < -0.4 is 0 Å². The topological polar surface area (TPSA) is 57.6 Å². The number of nitrogens with zero attached hydrogens (tertiary/aromatic N) is 1. The van der Waals surface area contributed by atoms with Gasteiger partial charge in [0, 0.05) is 18.5 Å². The number of carbonyl (C=O) groups is 2. The van der Waals surface area contributed by atoms with Crippen molar-refractivity contribution in [3.63, 3.8) is 0 Å². The highest BCUT2D eigenvalue weighted by Gasteiger charge is 2.16. The molecular weight excluding hydrogens is 298 g/mol. The van der Waals surface area contributed by atoms with E-state index < -0.39 is 5.97 Å². The minimum absolute atomic E-state index is 0.00453. The van der Waals surface area contributed by atoms with Crippen molar-refractivity contribution in [2.45, 2.75) is 26.8 Å². The molecule has 1 amide bonds. The van der Waals surface area contributed by atoms with E-state index in [0.29, 0.717) is 6.54 Å². The Labute approximate surface area is 134 Å².